The lowest BCUT2D eigenvalue weighted by Gasteiger charge is -1.98. The molecule has 3 heterocycles. The van der Waals surface area contributed by atoms with Crippen LogP contribution >= 0.6 is 15.9 Å². The Bertz CT molecular complexity index is 876. The van der Waals surface area contributed by atoms with Gasteiger partial charge in [-0.25, -0.2) is 9.79 Å². The van der Waals surface area contributed by atoms with Crippen LogP contribution in [0.3, 0.4) is 0 Å². The standard InChI is InChI=1S/C16H9BrN2O4/c17-11-5-10(6-18-7-11)15-19-12(16(20)23-15)3-9-1-2-13-14(4-9)22-8-21-13/h1-7H,8H2/b12-3-. The molecule has 114 valence electrons. The number of hydrogen-bond acceptors (Lipinski definition) is 6. The third-order valence-electron chi connectivity index (χ3n) is 3.27. The summed E-state index contributed by atoms with van der Waals surface area (Å²) in [6.45, 7) is 0.204. The summed E-state index contributed by atoms with van der Waals surface area (Å²) in [5.41, 5.74) is 1.62. The number of fused-ring (bicyclic) bond motifs is 1. The Hall–Kier alpha value is -2.67. The number of esters is 1. The van der Waals surface area contributed by atoms with E-state index in [1.165, 1.54) is 0 Å². The van der Waals surface area contributed by atoms with E-state index in [0.29, 0.717) is 17.1 Å². The second-order valence-corrected chi connectivity index (χ2v) is 5.76. The molecule has 4 rings (SSSR count). The van der Waals surface area contributed by atoms with Crippen LogP contribution in [0.1, 0.15) is 11.1 Å². The van der Waals surface area contributed by atoms with Crippen LogP contribution in [-0.4, -0.2) is 23.6 Å². The minimum absolute atomic E-state index is 0.204. The Labute approximate surface area is 139 Å². The third kappa shape index (κ3) is 2.70. The van der Waals surface area contributed by atoms with Crippen molar-refractivity contribution in [2.45, 2.75) is 0 Å². The largest absolute Gasteiger partial charge is 0.454 e. The highest BCUT2D eigenvalue weighted by atomic mass is 79.9. The van der Waals surface area contributed by atoms with Crippen molar-refractivity contribution in [2.75, 3.05) is 6.79 Å². The van der Waals surface area contributed by atoms with E-state index in [0.717, 1.165) is 10.0 Å². The topological polar surface area (TPSA) is 70.0 Å². The first-order valence-electron chi connectivity index (χ1n) is 6.72. The van der Waals surface area contributed by atoms with Crippen LogP contribution in [0.15, 0.2) is 51.8 Å². The molecule has 2 aromatic rings. The Morgan fingerprint density at radius 2 is 2.00 bits per heavy atom. The summed E-state index contributed by atoms with van der Waals surface area (Å²) in [5.74, 6) is 1.06. The third-order valence-corrected chi connectivity index (χ3v) is 3.71. The van der Waals surface area contributed by atoms with Crippen molar-refractivity contribution in [1.29, 1.82) is 0 Å². The summed E-state index contributed by atoms with van der Waals surface area (Å²) in [6.07, 6.45) is 4.87. The van der Waals surface area contributed by atoms with Gasteiger partial charge in [-0.2, -0.15) is 0 Å². The molecule has 2 aliphatic heterocycles. The number of halogens is 1. The maximum absolute atomic E-state index is 12.0. The van der Waals surface area contributed by atoms with Gasteiger partial charge >= 0.3 is 5.97 Å². The summed E-state index contributed by atoms with van der Waals surface area (Å²) in [6, 6.07) is 7.18. The molecular weight excluding hydrogens is 364 g/mol. The number of aliphatic imine (C=N–C) groups is 1. The summed E-state index contributed by atoms with van der Waals surface area (Å²) in [4.78, 5) is 20.3. The second kappa shape index (κ2) is 5.51. The first-order valence-corrected chi connectivity index (χ1v) is 7.51. The average Bonchev–Trinajstić information content (AvgIpc) is 3.14. The van der Waals surface area contributed by atoms with Crippen LogP contribution in [0.4, 0.5) is 0 Å². The van der Waals surface area contributed by atoms with E-state index in [-0.39, 0.29) is 18.4 Å². The highest BCUT2D eigenvalue weighted by molar-refractivity contribution is 9.10. The molecule has 0 saturated carbocycles. The fourth-order valence-corrected chi connectivity index (χ4v) is 2.59. The number of carbonyl (C=O) groups excluding carboxylic acids is 1. The molecule has 6 nitrogen and oxygen atoms in total. The minimum Gasteiger partial charge on any atom is -0.454 e. The SMILES string of the molecule is O=C1OC(c2cncc(Br)c2)=N/C1=C\c1ccc2c(c1)OCO2. The van der Waals surface area contributed by atoms with Crippen molar-refractivity contribution >= 4 is 33.9 Å². The fraction of sp³-hybridized carbons (Fsp3) is 0.0625. The molecular formula is C16H9BrN2O4. The van der Waals surface area contributed by atoms with Crippen LogP contribution in [0, 0.1) is 0 Å². The lowest BCUT2D eigenvalue weighted by molar-refractivity contribution is -0.129. The molecule has 0 fully saturated rings. The molecule has 0 aliphatic carbocycles. The van der Waals surface area contributed by atoms with E-state index in [1.54, 1.807) is 36.7 Å². The minimum atomic E-state index is -0.502. The fourth-order valence-electron chi connectivity index (χ4n) is 2.22. The first-order chi connectivity index (χ1) is 11.2. The maximum atomic E-state index is 12.0. The van der Waals surface area contributed by atoms with E-state index < -0.39 is 5.97 Å². The zero-order valence-electron chi connectivity index (χ0n) is 11.7. The summed E-state index contributed by atoms with van der Waals surface area (Å²) in [7, 11) is 0. The molecule has 2 aliphatic rings. The van der Waals surface area contributed by atoms with Crippen molar-refractivity contribution in [3.05, 3.63) is 58.0 Å². The molecule has 7 heteroatoms. The van der Waals surface area contributed by atoms with Crippen LogP contribution in [0.5, 0.6) is 11.5 Å². The number of hydrogen-bond donors (Lipinski definition) is 0. The molecule has 1 aromatic heterocycles. The lowest BCUT2D eigenvalue weighted by Crippen LogP contribution is -2.05. The summed E-state index contributed by atoms with van der Waals surface area (Å²) in [5, 5.41) is 0. The van der Waals surface area contributed by atoms with Gasteiger partial charge in [-0.05, 0) is 45.8 Å². The van der Waals surface area contributed by atoms with E-state index in [2.05, 4.69) is 25.9 Å². The zero-order valence-corrected chi connectivity index (χ0v) is 13.2. The van der Waals surface area contributed by atoms with Gasteiger partial charge in [0.2, 0.25) is 12.7 Å². The van der Waals surface area contributed by atoms with Crippen molar-refractivity contribution in [3.8, 4) is 11.5 Å². The predicted molar refractivity (Wildman–Crippen MR) is 85.1 cm³/mol. The van der Waals surface area contributed by atoms with Gasteiger partial charge in [0.25, 0.3) is 0 Å². The Morgan fingerprint density at radius 3 is 2.87 bits per heavy atom. The smallest absolute Gasteiger partial charge is 0.363 e. The molecule has 0 atom stereocenters. The molecule has 0 bridgehead atoms. The van der Waals surface area contributed by atoms with Crippen molar-refractivity contribution in [2.24, 2.45) is 4.99 Å². The Morgan fingerprint density at radius 1 is 1.13 bits per heavy atom. The van der Waals surface area contributed by atoms with Crippen LogP contribution in [0.25, 0.3) is 6.08 Å². The zero-order chi connectivity index (χ0) is 15.8. The Balaban J connectivity index is 1.67. The molecule has 0 N–H and O–H groups in total. The number of benzene rings is 1. The summed E-state index contributed by atoms with van der Waals surface area (Å²) >= 11 is 3.32. The van der Waals surface area contributed by atoms with Crippen LogP contribution in [-0.2, 0) is 9.53 Å². The highest BCUT2D eigenvalue weighted by Gasteiger charge is 2.24. The van der Waals surface area contributed by atoms with Gasteiger partial charge < -0.3 is 14.2 Å². The monoisotopic (exact) mass is 372 g/mol. The van der Waals surface area contributed by atoms with Gasteiger partial charge in [-0.15, -0.1) is 0 Å². The van der Waals surface area contributed by atoms with Crippen molar-refractivity contribution in [1.82, 2.24) is 4.98 Å². The van der Waals surface area contributed by atoms with E-state index in [4.69, 9.17) is 14.2 Å². The lowest BCUT2D eigenvalue weighted by atomic mass is 10.1. The predicted octanol–water partition coefficient (Wildman–Crippen LogP) is 2.92. The quantitative estimate of drug-likeness (QED) is 0.598. The molecule has 0 unspecified atom stereocenters. The number of aromatic nitrogens is 1. The van der Waals surface area contributed by atoms with Gasteiger partial charge in [0.15, 0.2) is 17.2 Å². The van der Waals surface area contributed by atoms with Gasteiger partial charge in [0.1, 0.15) is 0 Å². The normalized spacial score (nSPS) is 17.3. The molecule has 0 saturated heterocycles. The second-order valence-electron chi connectivity index (χ2n) is 4.84. The number of pyridine rings is 1. The first kappa shape index (κ1) is 14.0. The van der Waals surface area contributed by atoms with Gasteiger partial charge in [0.05, 0.1) is 5.56 Å². The van der Waals surface area contributed by atoms with E-state index in [9.17, 15) is 4.79 Å². The molecule has 0 spiro atoms. The Kier molecular flexibility index (Phi) is 3.34. The van der Waals surface area contributed by atoms with Crippen LogP contribution in [0.2, 0.25) is 0 Å². The summed E-state index contributed by atoms with van der Waals surface area (Å²) < 4.78 is 16.6. The number of rotatable bonds is 2. The van der Waals surface area contributed by atoms with E-state index in [1.807, 2.05) is 6.07 Å². The van der Waals surface area contributed by atoms with Crippen LogP contribution < -0.4 is 9.47 Å². The number of ether oxygens (including phenoxy) is 3. The number of cyclic esters (lactones) is 1. The average molecular weight is 373 g/mol. The number of nitrogens with zero attached hydrogens (tertiary/aromatic N) is 2. The van der Waals surface area contributed by atoms with E-state index >= 15 is 0 Å². The van der Waals surface area contributed by atoms with Crippen molar-refractivity contribution < 1.29 is 19.0 Å². The number of carbonyl (C=O) groups is 1. The molecule has 0 radical (unpaired) electrons. The van der Waals surface area contributed by atoms with Crippen molar-refractivity contribution in [3.63, 3.8) is 0 Å². The van der Waals surface area contributed by atoms with Gasteiger partial charge in [-0.3, -0.25) is 4.98 Å². The molecule has 23 heavy (non-hydrogen) atoms. The maximum Gasteiger partial charge on any atom is 0.363 e. The highest BCUT2D eigenvalue weighted by Crippen LogP contribution is 2.33. The van der Waals surface area contributed by atoms with Gasteiger partial charge in [-0.1, -0.05) is 6.07 Å². The molecule has 0 amide bonds. The molecule has 1 aromatic carbocycles. The van der Waals surface area contributed by atoms with Gasteiger partial charge in [0, 0.05) is 16.9 Å².